The summed E-state index contributed by atoms with van der Waals surface area (Å²) < 4.78 is 0. The van der Waals surface area contributed by atoms with E-state index in [-0.39, 0.29) is 6.03 Å². The minimum absolute atomic E-state index is 0.283. The fourth-order valence-corrected chi connectivity index (χ4v) is 1.74. The zero-order valence-corrected chi connectivity index (χ0v) is 10.4. The summed E-state index contributed by atoms with van der Waals surface area (Å²) in [7, 11) is 0. The van der Waals surface area contributed by atoms with E-state index >= 15 is 0 Å². The summed E-state index contributed by atoms with van der Waals surface area (Å²) in [5.74, 6) is -0.969. The van der Waals surface area contributed by atoms with Crippen molar-refractivity contribution >= 4 is 12.0 Å². The van der Waals surface area contributed by atoms with Gasteiger partial charge in [-0.2, -0.15) is 0 Å². The lowest BCUT2D eigenvalue weighted by molar-refractivity contribution is -0.139. The smallest absolute Gasteiger partial charge is 0.326 e. The molecule has 1 aliphatic heterocycles. The average Bonchev–Trinajstić information content (AvgIpc) is 2.29. The van der Waals surface area contributed by atoms with Crippen LogP contribution in [0.25, 0.3) is 0 Å². The molecule has 5 nitrogen and oxygen atoms in total. The number of nitrogens with zero attached hydrogens (tertiary/aromatic N) is 1. The number of urea groups is 1. The molecule has 0 saturated heterocycles. The molecule has 1 heterocycles. The highest BCUT2D eigenvalue weighted by atomic mass is 16.4. The van der Waals surface area contributed by atoms with Gasteiger partial charge >= 0.3 is 12.0 Å². The Hall–Kier alpha value is -1.52. The van der Waals surface area contributed by atoms with Crippen molar-refractivity contribution in [1.82, 2.24) is 10.2 Å². The Morgan fingerprint density at radius 3 is 2.76 bits per heavy atom. The van der Waals surface area contributed by atoms with Gasteiger partial charge in [0.15, 0.2) is 0 Å². The van der Waals surface area contributed by atoms with Gasteiger partial charge in [-0.05, 0) is 19.8 Å². The average molecular weight is 240 g/mol. The van der Waals surface area contributed by atoms with Gasteiger partial charge < -0.3 is 15.3 Å². The Morgan fingerprint density at radius 1 is 1.59 bits per heavy atom. The van der Waals surface area contributed by atoms with Gasteiger partial charge in [0.2, 0.25) is 0 Å². The minimum Gasteiger partial charge on any atom is -0.480 e. The molecule has 5 heteroatoms. The van der Waals surface area contributed by atoms with Crippen molar-refractivity contribution in [3.63, 3.8) is 0 Å². The molecule has 17 heavy (non-hydrogen) atoms. The van der Waals surface area contributed by atoms with Crippen LogP contribution in [0, 0.1) is 0 Å². The van der Waals surface area contributed by atoms with Gasteiger partial charge in [-0.15, -0.1) is 0 Å². The largest absolute Gasteiger partial charge is 0.480 e. The molecule has 0 aliphatic carbocycles. The normalized spacial score (nSPS) is 17.3. The number of carboxylic acids is 1. The molecule has 1 aliphatic rings. The summed E-state index contributed by atoms with van der Waals surface area (Å²) in [5, 5.41) is 11.5. The predicted molar refractivity (Wildman–Crippen MR) is 64.8 cm³/mol. The Kier molecular flexibility index (Phi) is 5.00. The monoisotopic (exact) mass is 240 g/mol. The van der Waals surface area contributed by atoms with Crippen molar-refractivity contribution in [3.05, 3.63) is 11.6 Å². The van der Waals surface area contributed by atoms with Crippen molar-refractivity contribution < 1.29 is 14.7 Å². The Balaban J connectivity index is 2.50. The third-order valence-electron chi connectivity index (χ3n) is 2.90. The molecule has 0 fully saturated rings. The molecule has 2 amide bonds. The van der Waals surface area contributed by atoms with Crippen molar-refractivity contribution in [2.24, 2.45) is 0 Å². The summed E-state index contributed by atoms with van der Waals surface area (Å²) in [6, 6.07) is -1.06. The first-order valence-electron chi connectivity index (χ1n) is 5.98. The molecule has 0 radical (unpaired) electrons. The van der Waals surface area contributed by atoms with Gasteiger partial charge in [0.25, 0.3) is 0 Å². The topological polar surface area (TPSA) is 69.6 Å². The third-order valence-corrected chi connectivity index (χ3v) is 2.90. The molecule has 2 N–H and O–H groups in total. The highest BCUT2D eigenvalue weighted by molar-refractivity contribution is 5.82. The van der Waals surface area contributed by atoms with Crippen molar-refractivity contribution in [3.8, 4) is 0 Å². The number of carbonyl (C=O) groups excluding carboxylic acids is 1. The van der Waals surface area contributed by atoms with Crippen molar-refractivity contribution in [2.45, 2.75) is 39.2 Å². The molecule has 0 aromatic rings. The fourth-order valence-electron chi connectivity index (χ4n) is 1.74. The highest BCUT2D eigenvalue weighted by Crippen LogP contribution is 2.10. The van der Waals surface area contributed by atoms with E-state index in [1.807, 2.05) is 19.9 Å². The molecule has 0 saturated carbocycles. The van der Waals surface area contributed by atoms with Crippen molar-refractivity contribution in [1.29, 1.82) is 0 Å². The van der Waals surface area contributed by atoms with Crippen LogP contribution >= 0.6 is 0 Å². The first kappa shape index (κ1) is 13.5. The number of hydrogen-bond acceptors (Lipinski definition) is 2. The molecular formula is C12H20N2O3. The van der Waals surface area contributed by atoms with E-state index in [0.717, 1.165) is 12.8 Å². The summed E-state index contributed by atoms with van der Waals surface area (Å²) in [6.07, 6.45) is 4.05. The molecule has 96 valence electrons. The van der Waals surface area contributed by atoms with Gasteiger partial charge in [-0.3, -0.25) is 0 Å². The quantitative estimate of drug-likeness (QED) is 0.733. The van der Waals surface area contributed by atoms with E-state index < -0.39 is 12.0 Å². The fraction of sp³-hybridized carbons (Fsp3) is 0.667. The molecule has 0 unspecified atom stereocenters. The van der Waals surface area contributed by atoms with Crippen molar-refractivity contribution in [2.75, 3.05) is 13.1 Å². The van der Waals surface area contributed by atoms with Gasteiger partial charge in [0.1, 0.15) is 6.04 Å². The molecule has 1 atom stereocenters. The molecule has 0 spiro atoms. The van der Waals surface area contributed by atoms with Crippen LogP contribution in [-0.2, 0) is 4.79 Å². The molecule has 0 bridgehead atoms. The van der Waals surface area contributed by atoms with Gasteiger partial charge in [-0.1, -0.05) is 25.0 Å². The number of aliphatic carboxylic acids is 1. The van der Waals surface area contributed by atoms with Crippen LogP contribution in [0.5, 0.6) is 0 Å². The summed E-state index contributed by atoms with van der Waals surface area (Å²) >= 11 is 0. The second-order valence-electron chi connectivity index (χ2n) is 4.38. The maximum Gasteiger partial charge on any atom is 0.326 e. The second-order valence-corrected chi connectivity index (χ2v) is 4.38. The van der Waals surface area contributed by atoms with Crippen LogP contribution in [0.4, 0.5) is 4.79 Å². The maximum absolute atomic E-state index is 11.8. The SMILES string of the molecule is CCC[C@@H](NC(=O)N1CC=C(C)CC1)C(=O)O. The molecule has 0 aromatic heterocycles. The first-order chi connectivity index (χ1) is 8.04. The Bertz CT molecular complexity index is 326. The summed E-state index contributed by atoms with van der Waals surface area (Å²) in [4.78, 5) is 24.4. The maximum atomic E-state index is 11.8. The lowest BCUT2D eigenvalue weighted by atomic mass is 10.1. The van der Waals surface area contributed by atoms with E-state index in [2.05, 4.69) is 5.32 Å². The van der Waals surface area contributed by atoms with E-state index in [4.69, 9.17) is 5.11 Å². The lowest BCUT2D eigenvalue weighted by Crippen LogP contribution is -2.49. The number of nitrogens with one attached hydrogen (secondary N) is 1. The molecular weight excluding hydrogens is 220 g/mol. The third kappa shape index (κ3) is 4.09. The summed E-state index contributed by atoms with van der Waals surface area (Å²) in [5.41, 5.74) is 1.28. The Labute approximate surface area is 101 Å². The first-order valence-corrected chi connectivity index (χ1v) is 5.98. The van der Waals surface area contributed by atoms with E-state index in [1.165, 1.54) is 5.57 Å². The van der Waals surface area contributed by atoms with Crippen LogP contribution in [0.15, 0.2) is 11.6 Å². The molecule has 1 rings (SSSR count). The van der Waals surface area contributed by atoms with Gasteiger partial charge in [-0.25, -0.2) is 9.59 Å². The number of amides is 2. The van der Waals surface area contributed by atoms with Gasteiger partial charge in [0.05, 0.1) is 0 Å². The second kappa shape index (κ2) is 6.27. The van der Waals surface area contributed by atoms with E-state index in [0.29, 0.717) is 19.5 Å². The van der Waals surface area contributed by atoms with E-state index in [9.17, 15) is 9.59 Å². The minimum atomic E-state index is -0.969. The van der Waals surface area contributed by atoms with Gasteiger partial charge in [0, 0.05) is 13.1 Å². The predicted octanol–water partition coefficient (Wildman–Crippen LogP) is 1.60. The van der Waals surface area contributed by atoms with E-state index in [1.54, 1.807) is 4.90 Å². The zero-order valence-electron chi connectivity index (χ0n) is 10.4. The number of hydrogen-bond donors (Lipinski definition) is 2. The van der Waals surface area contributed by atoms with Crippen LogP contribution in [0.3, 0.4) is 0 Å². The lowest BCUT2D eigenvalue weighted by Gasteiger charge is -2.27. The molecule has 0 aromatic carbocycles. The number of rotatable bonds is 4. The highest BCUT2D eigenvalue weighted by Gasteiger charge is 2.22. The van der Waals surface area contributed by atoms with Crippen LogP contribution in [-0.4, -0.2) is 41.1 Å². The van der Waals surface area contributed by atoms with Crippen LogP contribution in [0.2, 0.25) is 0 Å². The van der Waals surface area contributed by atoms with Crippen LogP contribution in [0.1, 0.15) is 33.1 Å². The number of carboxylic acid groups (broad SMARTS) is 1. The zero-order chi connectivity index (χ0) is 12.8. The summed E-state index contributed by atoms with van der Waals surface area (Å²) in [6.45, 7) is 5.16. The Morgan fingerprint density at radius 2 is 2.29 bits per heavy atom. The number of carbonyl (C=O) groups is 2. The van der Waals surface area contributed by atoms with Crippen LogP contribution < -0.4 is 5.32 Å². The standard InChI is InChI=1S/C12H20N2O3/c1-3-4-10(11(15)16)13-12(17)14-7-5-9(2)6-8-14/h5,10H,3-4,6-8H2,1-2H3,(H,13,17)(H,15,16)/t10-/m1/s1.